The van der Waals surface area contributed by atoms with Crippen molar-refractivity contribution >= 4 is 16.7 Å². The van der Waals surface area contributed by atoms with Gasteiger partial charge >= 0.3 is 5.97 Å². The second kappa shape index (κ2) is 10.9. The van der Waals surface area contributed by atoms with Crippen molar-refractivity contribution in [3.63, 3.8) is 0 Å². The molecule has 3 heteroatoms. The number of benzene rings is 2. The van der Waals surface area contributed by atoms with E-state index in [2.05, 4.69) is 24.3 Å². The largest absolute Gasteiger partial charge is 0.461 e. The van der Waals surface area contributed by atoms with Crippen molar-refractivity contribution in [1.82, 2.24) is 0 Å². The number of hydrogen-bond donors (Lipinski definition) is 0. The van der Waals surface area contributed by atoms with Crippen LogP contribution in [-0.4, -0.2) is 12.1 Å². The molecule has 0 fully saturated rings. The van der Waals surface area contributed by atoms with Crippen molar-refractivity contribution in [2.45, 2.75) is 71.1 Å². The smallest absolute Gasteiger partial charge is 0.306 e. The molecule has 0 bridgehead atoms. The van der Waals surface area contributed by atoms with E-state index in [1.807, 2.05) is 18.2 Å². The first-order chi connectivity index (χ1) is 12.1. The molecule has 0 heterocycles. The molecule has 0 radical (unpaired) electrons. The molecule has 2 aromatic carbocycles. The summed E-state index contributed by atoms with van der Waals surface area (Å²) in [5, 5.41) is 2.36. The number of alkyl halides is 1. The molecular formula is C22H29FO2. The Hall–Kier alpha value is -1.90. The Morgan fingerprint density at radius 1 is 0.960 bits per heavy atom. The second-order valence-corrected chi connectivity index (χ2v) is 6.78. The van der Waals surface area contributed by atoms with Crippen LogP contribution in [0.5, 0.6) is 0 Å². The number of carbonyl (C=O) groups is 1. The van der Waals surface area contributed by atoms with Gasteiger partial charge in [-0.05, 0) is 42.2 Å². The van der Waals surface area contributed by atoms with Gasteiger partial charge in [0.05, 0.1) is 6.17 Å². The van der Waals surface area contributed by atoms with Gasteiger partial charge in [-0.25, -0.2) is 4.39 Å². The maximum atomic E-state index is 12.6. The zero-order chi connectivity index (χ0) is 17.9. The number of ether oxygens (including phenoxy) is 1. The number of hydrogen-bond acceptors (Lipinski definition) is 2. The Bertz CT molecular complexity index is 651. The lowest BCUT2D eigenvalue weighted by molar-refractivity contribution is -0.145. The highest BCUT2D eigenvalue weighted by Crippen LogP contribution is 2.16. The van der Waals surface area contributed by atoms with E-state index < -0.39 is 6.17 Å². The maximum absolute atomic E-state index is 12.6. The highest BCUT2D eigenvalue weighted by Gasteiger charge is 2.04. The number of halogens is 1. The minimum absolute atomic E-state index is 0.126. The Kier molecular flexibility index (Phi) is 8.44. The standard InChI is InChI=1S/C22H29FO2/c1-18(23)10-6-4-2-3-5-7-13-22(24)25-17-19-14-15-20-11-8-9-12-21(20)16-19/h8-9,11-12,14-16,18H,2-7,10,13,17H2,1H3. The monoisotopic (exact) mass is 344 g/mol. The Morgan fingerprint density at radius 3 is 2.40 bits per heavy atom. The summed E-state index contributed by atoms with van der Waals surface area (Å²) in [6.45, 7) is 1.95. The first-order valence-electron chi connectivity index (χ1n) is 9.42. The van der Waals surface area contributed by atoms with Gasteiger partial charge in [-0.15, -0.1) is 0 Å². The van der Waals surface area contributed by atoms with Crippen molar-refractivity contribution < 1.29 is 13.9 Å². The number of carbonyl (C=O) groups excluding carboxylic acids is 1. The summed E-state index contributed by atoms with van der Waals surface area (Å²) in [4.78, 5) is 11.8. The van der Waals surface area contributed by atoms with Gasteiger partial charge in [0.25, 0.3) is 0 Å². The van der Waals surface area contributed by atoms with Crippen LogP contribution in [0, 0.1) is 0 Å². The minimum atomic E-state index is -0.683. The number of fused-ring (bicyclic) bond motifs is 1. The summed E-state index contributed by atoms with van der Waals surface area (Å²) < 4.78 is 18.0. The molecule has 2 rings (SSSR count). The van der Waals surface area contributed by atoms with E-state index in [0.29, 0.717) is 19.4 Å². The number of esters is 1. The van der Waals surface area contributed by atoms with Crippen LogP contribution >= 0.6 is 0 Å². The summed E-state index contributed by atoms with van der Waals surface area (Å²) >= 11 is 0. The van der Waals surface area contributed by atoms with Crippen LogP contribution in [-0.2, 0) is 16.1 Å². The first kappa shape index (κ1) is 19.4. The fourth-order valence-electron chi connectivity index (χ4n) is 2.97. The van der Waals surface area contributed by atoms with E-state index in [1.165, 1.54) is 10.8 Å². The lowest BCUT2D eigenvalue weighted by Crippen LogP contribution is -2.04. The highest BCUT2D eigenvalue weighted by molar-refractivity contribution is 5.83. The summed E-state index contributed by atoms with van der Waals surface area (Å²) in [7, 11) is 0. The number of unbranched alkanes of at least 4 members (excludes halogenated alkanes) is 5. The van der Waals surface area contributed by atoms with Gasteiger partial charge in [0.1, 0.15) is 6.61 Å². The van der Waals surface area contributed by atoms with E-state index in [9.17, 15) is 9.18 Å². The molecule has 0 aromatic heterocycles. The van der Waals surface area contributed by atoms with E-state index in [-0.39, 0.29) is 5.97 Å². The zero-order valence-corrected chi connectivity index (χ0v) is 15.2. The van der Waals surface area contributed by atoms with Crippen LogP contribution in [0.1, 0.15) is 63.9 Å². The highest BCUT2D eigenvalue weighted by atomic mass is 19.1. The molecule has 0 aliphatic carbocycles. The van der Waals surface area contributed by atoms with Crippen LogP contribution < -0.4 is 0 Å². The minimum Gasteiger partial charge on any atom is -0.461 e. The van der Waals surface area contributed by atoms with Crippen molar-refractivity contribution in [2.75, 3.05) is 0 Å². The summed E-state index contributed by atoms with van der Waals surface area (Å²) in [5.41, 5.74) is 1.02. The molecule has 0 saturated heterocycles. The molecule has 25 heavy (non-hydrogen) atoms. The maximum Gasteiger partial charge on any atom is 0.306 e. The Balaban J connectivity index is 1.56. The van der Waals surface area contributed by atoms with Crippen LogP contribution in [0.3, 0.4) is 0 Å². The predicted octanol–water partition coefficient (Wildman–Crippen LogP) is 6.36. The molecule has 0 aliphatic rings. The van der Waals surface area contributed by atoms with Crippen LogP contribution in [0.2, 0.25) is 0 Å². The van der Waals surface area contributed by atoms with Gasteiger partial charge in [-0.1, -0.05) is 68.5 Å². The lowest BCUT2D eigenvalue weighted by atomic mass is 10.1. The summed E-state index contributed by atoms with van der Waals surface area (Å²) in [5.74, 6) is -0.126. The topological polar surface area (TPSA) is 26.3 Å². The third-order valence-electron chi connectivity index (χ3n) is 4.45. The van der Waals surface area contributed by atoms with Crippen LogP contribution in [0.25, 0.3) is 10.8 Å². The van der Waals surface area contributed by atoms with Gasteiger partial charge in [0.2, 0.25) is 0 Å². The van der Waals surface area contributed by atoms with E-state index in [4.69, 9.17) is 4.74 Å². The molecular weight excluding hydrogens is 315 g/mol. The van der Waals surface area contributed by atoms with Crippen molar-refractivity contribution in [3.8, 4) is 0 Å². The molecule has 0 spiro atoms. The number of rotatable bonds is 11. The normalized spacial score (nSPS) is 12.2. The van der Waals surface area contributed by atoms with Gasteiger partial charge in [-0.3, -0.25) is 4.79 Å². The molecule has 136 valence electrons. The van der Waals surface area contributed by atoms with Gasteiger partial charge in [0.15, 0.2) is 0 Å². The average Bonchev–Trinajstić information content (AvgIpc) is 2.61. The molecule has 1 unspecified atom stereocenters. The Labute approximate surface area is 150 Å². The second-order valence-electron chi connectivity index (χ2n) is 6.78. The van der Waals surface area contributed by atoms with E-state index in [0.717, 1.165) is 44.1 Å². The predicted molar refractivity (Wildman–Crippen MR) is 101 cm³/mol. The molecule has 1 atom stereocenters. The van der Waals surface area contributed by atoms with Crippen molar-refractivity contribution in [2.24, 2.45) is 0 Å². The Morgan fingerprint density at radius 2 is 1.64 bits per heavy atom. The molecule has 0 N–H and O–H groups in total. The molecule has 2 aromatic rings. The van der Waals surface area contributed by atoms with Crippen molar-refractivity contribution in [1.29, 1.82) is 0 Å². The molecule has 0 amide bonds. The van der Waals surface area contributed by atoms with Crippen LogP contribution in [0.4, 0.5) is 4.39 Å². The van der Waals surface area contributed by atoms with Gasteiger partial charge < -0.3 is 4.74 Å². The third kappa shape index (κ3) is 7.68. The molecule has 0 saturated carbocycles. The average molecular weight is 344 g/mol. The lowest BCUT2D eigenvalue weighted by Gasteiger charge is -2.06. The quantitative estimate of drug-likeness (QED) is 0.350. The summed E-state index contributed by atoms with van der Waals surface area (Å²) in [6.07, 6.45) is 6.66. The summed E-state index contributed by atoms with van der Waals surface area (Å²) in [6, 6.07) is 14.3. The molecule has 0 aliphatic heterocycles. The first-order valence-corrected chi connectivity index (χ1v) is 9.42. The third-order valence-corrected chi connectivity index (χ3v) is 4.45. The fourth-order valence-corrected chi connectivity index (χ4v) is 2.97. The van der Waals surface area contributed by atoms with E-state index in [1.54, 1.807) is 6.92 Å². The van der Waals surface area contributed by atoms with E-state index >= 15 is 0 Å². The fraction of sp³-hybridized carbons (Fsp3) is 0.500. The van der Waals surface area contributed by atoms with Crippen molar-refractivity contribution in [3.05, 3.63) is 48.0 Å². The molecule has 2 nitrogen and oxygen atoms in total. The van der Waals surface area contributed by atoms with Gasteiger partial charge in [0, 0.05) is 6.42 Å². The SMILES string of the molecule is CC(F)CCCCCCCCC(=O)OCc1ccc2ccccc2c1. The zero-order valence-electron chi connectivity index (χ0n) is 15.2. The van der Waals surface area contributed by atoms with Crippen LogP contribution in [0.15, 0.2) is 42.5 Å². The van der Waals surface area contributed by atoms with Gasteiger partial charge in [-0.2, -0.15) is 0 Å².